The van der Waals surface area contributed by atoms with E-state index in [4.69, 9.17) is 18.9 Å². The lowest BCUT2D eigenvalue weighted by Crippen LogP contribution is -2.64. The summed E-state index contributed by atoms with van der Waals surface area (Å²) in [5.74, 6) is 7.15. The molecule has 0 amide bonds. The third-order valence-electron chi connectivity index (χ3n) is 15.8. The average molecular weight is 979 g/mol. The quantitative estimate of drug-likeness (QED) is 0.130. The highest BCUT2D eigenvalue weighted by Gasteiger charge is 2.49. The Labute approximate surface area is 428 Å². The topological polar surface area (TPSA) is 52.2 Å². The van der Waals surface area contributed by atoms with Gasteiger partial charge in [-0.05, 0) is 144 Å². The van der Waals surface area contributed by atoms with E-state index in [2.05, 4.69) is 187 Å². The molecule has 15 rings (SSSR count). The van der Waals surface area contributed by atoms with Crippen molar-refractivity contribution in [1.82, 2.24) is 0 Å². The van der Waals surface area contributed by atoms with Crippen LogP contribution in [0.15, 0.2) is 109 Å². The van der Waals surface area contributed by atoms with Gasteiger partial charge in [-0.1, -0.05) is 98.7 Å². The summed E-state index contributed by atoms with van der Waals surface area (Å²) in [7, 11) is 0. The van der Waals surface area contributed by atoms with E-state index in [1.54, 1.807) is 11.9 Å². The van der Waals surface area contributed by atoms with Crippen molar-refractivity contribution in [1.29, 1.82) is 0 Å². The van der Waals surface area contributed by atoms with E-state index in [9.17, 15) is 0 Å². The second-order valence-corrected chi connectivity index (χ2v) is 26.2. The number of fused-ring (bicyclic) bond motifs is 16. The predicted octanol–water partition coefficient (Wildman–Crippen LogP) is 10.8. The van der Waals surface area contributed by atoms with E-state index < -0.39 is 0 Å². The molecule has 0 bridgehead atoms. The number of benzene rings is 7. The number of anilines is 4. The van der Waals surface area contributed by atoms with Crippen LogP contribution in [-0.2, 0) is 16.2 Å². The molecule has 0 unspecified atom stereocenters. The number of hydrogen-bond acceptors (Lipinski definition) is 9. The molecule has 6 nitrogen and oxygen atoms in total. The monoisotopic (exact) mass is 978 g/mol. The van der Waals surface area contributed by atoms with Crippen LogP contribution in [0.3, 0.4) is 0 Å². The molecule has 0 atom stereocenters. The maximum atomic E-state index is 7.30. The molecule has 6 aliphatic rings. The van der Waals surface area contributed by atoms with Gasteiger partial charge >= 0.3 is 0 Å². The van der Waals surface area contributed by atoms with Crippen molar-refractivity contribution in [2.24, 2.45) is 0 Å². The molecule has 0 saturated heterocycles. The first kappa shape index (κ1) is 42.5. The SMILES string of the molecule is CSN1c2cc3c(cc2B2c4cc5c(cc4Oc4cc(C(C)(C)C)cc1c42)Oc1cc(C(C)(C)C)cc2c1B5c1sc4ccccc4c1O2)B1c2sc4ccccc4c2Oc2cc(C(C)(C)C)cc(c21)N3. The first-order chi connectivity index (χ1) is 34.0. The minimum atomic E-state index is -0.136. The van der Waals surface area contributed by atoms with E-state index in [-0.39, 0.29) is 36.4 Å². The Morgan fingerprint density at radius 3 is 1.54 bits per heavy atom. The third-order valence-corrected chi connectivity index (χ3v) is 19.0. The molecular formula is C59H49B3N2O4S3. The van der Waals surface area contributed by atoms with Crippen molar-refractivity contribution in [3.63, 3.8) is 0 Å². The first-order valence-electron chi connectivity index (χ1n) is 24.8. The number of ether oxygens (including phenoxy) is 4. The van der Waals surface area contributed by atoms with Gasteiger partial charge in [-0.2, -0.15) is 0 Å². The van der Waals surface area contributed by atoms with Gasteiger partial charge in [0.2, 0.25) is 0 Å². The second kappa shape index (κ2) is 14.1. The van der Waals surface area contributed by atoms with Gasteiger partial charge in [0.15, 0.2) is 0 Å². The van der Waals surface area contributed by atoms with Gasteiger partial charge in [0, 0.05) is 64.6 Å². The minimum absolute atomic E-state index is 0.0265. The molecule has 2 aromatic heterocycles. The smallest absolute Gasteiger partial charge is 0.273 e. The Kier molecular flexibility index (Phi) is 8.41. The lowest BCUT2D eigenvalue weighted by atomic mass is 9.31. The molecule has 9 aromatic rings. The Bertz CT molecular complexity index is 3910. The Balaban J connectivity index is 0.991. The Hall–Kier alpha value is -6.20. The molecule has 71 heavy (non-hydrogen) atoms. The molecule has 0 aliphatic carbocycles. The zero-order valence-corrected chi connectivity index (χ0v) is 43.9. The van der Waals surface area contributed by atoms with Crippen LogP contribution in [0.25, 0.3) is 20.2 Å². The second-order valence-electron chi connectivity index (χ2n) is 23.3. The maximum Gasteiger partial charge on any atom is 0.273 e. The van der Waals surface area contributed by atoms with Crippen molar-refractivity contribution in [3.8, 4) is 46.0 Å². The highest BCUT2D eigenvalue weighted by molar-refractivity contribution is 8.00. The molecule has 0 radical (unpaired) electrons. The van der Waals surface area contributed by atoms with Crippen LogP contribution >= 0.6 is 34.6 Å². The summed E-state index contributed by atoms with van der Waals surface area (Å²) in [6.45, 7) is 20.2. The standard InChI is InChI=1S/C59H49B3N2O4S3/c1-57(2,3)29-19-39-50-44(21-29)67-53-32-15-11-13-17-48(32)70-55(53)61(50)34-25-35-40(27-38(34)63-39)64(69-10)41-20-30(58(4,5)6)22-45-51(41)60(35)36-26-37-43(28-42(36)65-45)66-46-23-31(59(7,8)9)24-47-52(46)62(37)56-54(68-47)33-16-12-14-18-49(33)71-56/h11-28,63H,1-10H3. The summed E-state index contributed by atoms with van der Waals surface area (Å²) in [4.78, 5) is 0. The molecule has 0 spiro atoms. The normalized spacial score (nSPS) is 15.1. The lowest BCUT2D eigenvalue weighted by molar-refractivity contribution is 0.453. The van der Waals surface area contributed by atoms with Gasteiger partial charge in [-0.15, -0.1) is 22.7 Å². The van der Waals surface area contributed by atoms with Crippen molar-refractivity contribution >= 4 is 145 Å². The van der Waals surface area contributed by atoms with Gasteiger partial charge in [-0.3, -0.25) is 4.31 Å². The number of nitrogens with zero attached hydrogens (tertiary/aromatic N) is 1. The number of thiophene rings is 2. The van der Waals surface area contributed by atoms with Crippen LogP contribution in [0.5, 0.6) is 46.0 Å². The minimum Gasteiger partial charge on any atom is -0.458 e. The predicted molar refractivity (Wildman–Crippen MR) is 305 cm³/mol. The van der Waals surface area contributed by atoms with E-state index in [0.29, 0.717) is 0 Å². The Morgan fingerprint density at radius 1 is 0.451 bits per heavy atom. The van der Waals surface area contributed by atoms with Gasteiger partial charge in [0.25, 0.3) is 20.1 Å². The summed E-state index contributed by atoms with van der Waals surface area (Å²) >= 11 is 5.45. The Morgan fingerprint density at radius 2 is 0.944 bits per heavy atom. The summed E-state index contributed by atoms with van der Waals surface area (Å²) in [5.41, 5.74) is 16.2. The van der Waals surface area contributed by atoms with Crippen molar-refractivity contribution in [2.45, 2.75) is 78.6 Å². The van der Waals surface area contributed by atoms with Crippen LogP contribution in [0.1, 0.15) is 79.0 Å². The molecular weight excluding hydrogens is 929 g/mol. The third kappa shape index (κ3) is 5.87. The fourth-order valence-corrected chi connectivity index (χ4v) is 15.4. The number of nitrogens with one attached hydrogen (secondary N) is 1. The molecule has 8 heterocycles. The average Bonchev–Trinajstić information content (AvgIpc) is 3.89. The zero-order valence-electron chi connectivity index (χ0n) is 41.4. The van der Waals surface area contributed by atoms with Gasteiger partial charge in [0.05, 0.1) is 5.69 Å². The highest BCUT2D eigenvalue weighted by Crippen LogP contribution is 2.48. The summed E-state index contributed by atoms with van der Waals surface area (Å²) in [6, 6.07) is 40.9. The molecule has 7 aromatic carbocycles. The number of rotatable bonds is 1. The van der Waals surface area contributed by atoms with E-state index in [0.717, 1.165) is 79.1 Å². The van der Waals surface area contributed by atoms with Crippen LogP contribution in [-0.4, -0.2) is 26.4 Å². The van der Waals surface area contributed by atoms with Crippen LogP contribution in [0.2, 0.25) is 0 Å². The maximum absolute atomic E-state index is 7.30. The van der Waals surface area contributed by atoms with Crippen LogP contribution in [0, 0.1) is 0 Å². The zero-order chi connectivity index (χ0) is 48.4. The molecule has 12 heteroatoms. The molecule has 1 N–H and O–H groups in total. The van der Waals surface area contributed by atoms with Crippen LogP contribution in [0.4, 0.5) is 22.7 Å². The van der Waals surface area contributed by atoms with Crippen molar-refractivity contribution in [3.05, 3.63) is 126 Å². The van der Waals surface area contributed by atoms with E-state index >= 15 is 0 Å². The summed E-state index contributed by atoms with van der Waals surface area (Å²) in [6.07, 6.45) is 2.20. The van der Waals surface area contributed by atoms with E-state index in [1.807, 2.05) is 22.7 Å². The highest BCUT2D eigenvalue weighted by atomic mass is 32.2. The first-order valence-corrected chi connectivity index (χ1v) is 27.6. The lowest BCUT2D eigenvalue weighted by Gasteiger charge is -2.42. The fraction of sp³-hybridized carbons (Fsp3) is 0.220. The van der Waals surface area contributed by atoms with Gasteiger partial charge in [-0.25, -0.2) is 0 Å². The van der Waals surface area contributed by atoms with Crippen molar-refractivity contribution in [2.75, 3.05) is 15.9 Å². The molecule has 346 valence electrons. The van der Waals surface area contributed by atoms with Crippen LogP contribution < -0.4 is 76.4 Å². The molecule has 6 aliphatic heterocycles. The van der Waals surface area contributed by atoms with Gasteiger partial charge < -0.3 is 24.3 Å². The molecule has 0 fully saturated rings. The van der Waals surface area contributed by atoms with Gasteiger partial charge in [0.1, 0.15) is 46.0 Å². The largest absolute Gasteiger partial charge is 0.458 e. The van der Waals surface area contributed by atoms with Crippen molar-refractivity contribution < 1.29 is 18.9 Å². The van der Waals surface area contributed by atoms with E-state index in [1.165, 1.54) is 74.3 Å². The number of hydrogen-bond donors (Lipinski definition) is 1. The fourth-order valence-electron chi connectivity index (χ4n) is 12.2. The molecule has 0 saturated carbocycles. The summed E-state index contributed by atoms with van der Waals surface area (Å²) < 4.78 is 35.9. The summed E-state index contributed by atoms with van der Waals surface area (Å²) in [5, 5.41) is 6.35.